The molecule has 0 saturated heterocycles. The van der Waals surface area contributed by atoms with Crippen LogP contribution in [0.2, 0.25) is 0 Å². The number of hydrogen-bond acceptors (Lipinski definition) is 3. The molecule has 0 heterocycles. The van der Waals surface area contributed by atoms with Crippen LogP contribution in [0.4, 0.5) is 0 Å². The molecule has 1 atom stereocenters. The summed E-state index contributed by atoms with van der Waals surface area (Å²) in [7, 11) is 0. The highest BCUT2D eigenvalue weighted by Gasteiger charge is 2.24. The second-order valence-electron chi connectivity index (χ2n) is 4.98. The molecule has 0 saturated carbocycles. The third-order valence-electron chi connectivity index (χ3n) is 3.15. The van der Waals surface area contributed by atoms with E-state index in [0.717, 1.165) is 5.75 Å². The minimum absolute atomic E-state index is 0.478. The molecule has 100 valence electrons. The predicted octanol–water partition coefficient (Wildman–Crippen LogP) is 1.67. The molecule has 4 nitrogen and oxygen atoms in total. The van der Waals surface area contributed by atoms with Crippen molar-refractivity contribution in [3.8, 4) is 5.75 Å². The Morgan fingerprint density at radius 1 is 1.33 bits per heavy atom. The summed E-state index contributed by atoms with van der Waals surface area (Å²) in [6.45, 7) is 6.28. The normalized spacial score (nSPS) is 14.0. The number of carbonyl (C=O) groups is 1. The lowest BCUT2D eigenvalue weighted by Crippen LogP contribution is -2.49. The molecule has 1 aromatic carbocycles. The highest BCUT2D eigenvalue weighted by Crippen LogP contribution is 2.17. The van der Waals surface area contributed by atoms with Gasteiger partial charge in [0, 0.05) is 0 Å². The van der Waals surface area contributed by atoms with E-state index in [-0.39, 0.29) is 0 Å². The van der Waals surface area contributed by atoms with E-state index in [4.69, 9.17) is 16.2 Å². The minimum atomic E-state index is -0.952. The maximum absolute atomic E-state index is 11.0. The molecule has 0 bridgehead atoms. The lowest BCUT2D eigenvalue weighted by Gasteiger charge is -2.20. The minimum Gasteiger partial charge on any atom is -0.494 e. The van der Waals surface area contributed by atoms with Gasteiger partial charge in [-0.25, -0.2) is 0 Å². The van der Waals surface area contributed by atoms with Gasteiger partial charge in [-0.15, -0.1) is 0 Å². The van der Waals surface area contributed by atoms with Crippen molar-refractivity contribution in [1.29, 1.82) is 0 Å². The van der Waals surface area contributed by atoms with Gasteiger partial charge in [-0.05, 0) is 56.9 Å². The van der Waals surface area contributed by atoms with E-state index >= 15 is 0 Å². The van der Waals surface area contributed by atoms with Crippen LogP contribution in [-0.4, -0.2) is 18.1 Å². The summed E-state index contributed by atoms with van der Waals surface area (Å²) in [5.74, 6) is 0.365. The third-order valence-corrected chi connectivity index (χ3v) is 3.15. The van der Waals surface area contributed by atoms with Gasteiger partial charge in [0.2, 0.25) is 5.91 Å². The zero-order valence-electron chi connectivity index (χ0n) is 11.3. The molecule has 1 rings (SSSR count). The highest BCUT2D eigenvalue weighted by atomic mass is 16.5. The Hall–Kier alpha value is -1.55. The largest absolute Gasteiger partial charge is 0.494 e. The Morgan fingerprint density at radius 2 is 2.00 bits per heavy atom. The molecule has 0 fully saturated rings. The number of amides is 1. The van der Waals surface area contributed by atoms with E-state index in [1.165, 1.54) is 11.1 Å². The van der Waals surface area contributed by atoms with Crippen LogP contribution < -0.4 is 16.2 Å². The van der Waals surface area contributed by atoms with Gasteiger partial charge in [0.25, 0.3) is 0 Å². The number of carbonyl (C=O) groups excluding carboxylic acids is 1. The molecule has 4 heteroatoms. The van der Waals surface area contributed by atoms with Crippen molar-refractivity contribution in [3.05, 3.63) is 29.3 Å². The number of rotatable bonds is 6. The molecule has 0 aromatic heterocycles. The smallest absolute Gasteiger partial charge is 0.237 e. The fourth-order valence-corrected chi connectivity index (χ4v) is 1.56. The molecule has 0 aliphatic carbocycles. The number of benzene rings is 1. The zero-order valence-corrected chi connectivity index (χ0v) is 11.3. The van der Waals surface area contributed by atoms with E-state index in [0.29, 0.717) is 19.4 Å². The molecule has 0 aliphatic rings. The maximum atomic E-state index is 11.0. The van der Waals surface area contributed by atoms with Gasteiger partial charge in [-0.3, -0.25) is 4.79 Å². The quantitative estimate of drug-likeness (QED) is 0.754. The summed E-state index contributed by atoms with van der Waals surface area (Å²) in [5.41, 5.74) is 12.4. The van der Waals surface area contributed by atoms with Gasteiger partial charge in [0.15, 0.2) is 0 Å². The van der Waals surface area contributed by atoms with Gasteiger partial charge in [-0.1, -0.05) is 6.07 Å². The van der Waals surface area contributed by atoms with E-state index in [1.54, 1.807) is 6.92 Å². The topological polar surface area (TPSA) is 78.3 Å². The first-order valence-corrected chi connectivity index (χ1v) is 6.12. The monoisotopic (exact) mass is 250 g/mol. The standard InChI is InChI=1S/C14H22N2O2/c1-10-5-6-12(9-11(10)2)18-8-4-7-14(3,16)13(15)17/h5-6,9H,4,7-8,16H2,1-3H3,(H2,15,17). The highest BCUT2D eigenvalue weighted by molar-refractivity contribution is 5.83. The molecular formula is C14H22N2O2. The van der Waals surface area contributed by atoms with Crippen molar-refractivity contribution in [1.82, 2.24) is 0 Å². The van der Waals surface area contributed by atoms with Crippen molar-refractivity contribution in [2.75, 3.05) is 6.61 Å². The molecule has 18 heavy (non-hydrogen) atoms. The fraction of sp³-hybridized carbons (Fsp3) is 0.500. The Labute approximate surface area is 108 Å². The summed E-state index contributed by atoms with van der Waals surface area (Å²) < 4.78 is 5.61. The van der Waals surface area contributed by atoms with Crippen LogP contribution in [-0.2, 0) is 4.79 Å². The van der Waals surface area contributed by atoms with E-state index < -0.39 is 11.4 Å². The lowest BCUT2D eigenvalue weighted by molar-refractivity contribution is -0.122. The van der Waals surface area contributed by atoms with Crippen molar-refractivity contribution >= 4 is 5.91 Å². The van der Waals surface area contributed by atoms with Crippen molar-refractivity contribution in [3.63, 3.8) is 0 Å². The summed E-state index contributed by atoms with van der Waals surface area (Å²) in [6.07, 6.45) is 1.22. The van der Waals surface area contributed by atoms with Gasteiger partial charge in [0.05, 0.1) is 12.1 Å². The predicted molar refractivity (Wildman–Crippen MR) is 72.4 cm³/mol. The van der Waals surface area contributed by atoms with Crippen LogP contribution in [0.3, 0.4) is 0 Å². The van der Waals surface area contributed by atoms with Crippen LogP contribution >= 0.6 is 0 Å². The van der Waals surface area contributed by atoms with Gasteiger partial charge >= 0.3 is 0 Å². The van der Waals surface area contributed by atoms with Gasteiger partial charge in [0.1, 0.15) is 5.75 Å². The van der Waals surface area contributed by atoms with Crippen LogP contribution in [0.1, 0.15) is 30.9 Å². The van der Waals surface area contributed by atoms with Crippen LogP contribution in [0.5, 0.6) is 5.75 Å². The summed E-state index contributed by atoms with van der Waals surface area (Å²) in [5, 5.41) is 0. The number of aryl methyl sites for hydroxylation is 2. The SMILES string of the molecule is Cc1ccc(OCCCC(C)(N)C(N)=O)cc1C. The third kappa shape index (κ3) is 4.04. The maximum Gasteiger partial charge on any atom is 0.237 e. The van der Waals surface area contributed by atoms with E-state index in [2.05, 4.69) is 6.92 Å². The van der Waals surface area contributed by atoms with Crippen LogP contribution in [0.25, 0.3) is 0 Å². The van der Waals surface area contributed by atoms with Crippen molar-refractivity contribution < 1.29 is 9.53 Å². The van der Waals surface area contributed by atoms with Crippen LogP contribution in [0, 0.1) is 13.8 Å². The first-order valence-electron chi connectivity index (χ1n) is 6.12. The molecule has 0 spiro atoms. The molecular weight excluding hydrogens is 228 g/mol. The second kappa shape index (κ2) is 5.87. The molecule has 1 unspecified atom stereocenters. The van der Waals surface area contributed by atoms with Crippen molar-refractivity contribution in [2.24, 2.45) is 11.5 Å². The number of primary amides is 1. The molecule has 1 amide bonds. The Bertz CT molecular complexity index is 428. The summed E-state index contributed by atoms with van der Waals surface area (Å²) in [6, 6.07) is 5.98. The zero-order chi connectivity index (χ0) is 13.8. The van der Waals surface area contributed by atoms with E-state index in [9.17, 15) is 4.79 Å². The molecule has 1 aromatic rings. The number of ether oxygens (including phenoxy) is 1. The second-order valence-corrected chi connectivity index (χ2v) is 4.98. The average Bonchev–Trinajstić information content (AvgIpc) is 2.29. The molecule has 0 aliphatic heterocycles. The van der Waals surface area contributed by atoms with Crippen LogP contribution in [0.15, 0.2) is 18.2 Å². The van der Waals surface area contributed by atoms with Gasteiger partial charge < -0.3 is 16.2 Å². The lowest BCUT2D eigenvalue weighted by atomic mass is 9.97. The van der Waals surface area contributed by atoms with Crippen molar-refractivity contribution in [2.45, 2.75) is 39.2 Å². The fourth-order valence-electron chi connectivity index (χ4n) is 1.56. The Kier molecular flexibility index (Phi) is 4.73. The van der Waals surface area contributed by atoms with Gasteiger partial charge in [-0.2, -0.15) is 0 Å². The van der Waals surface area contributed by atoms with E-state index in [1.807, 2.05) is 25.1 Å². The first-order chi connectivity index (χ1) is 8.33. The summed E-state index contributed by atoms with van der Waals surface area (Å²) >= 11 is 0. The number of hydrogen-bond donors (Lipinski definition) is 2. The molecule has 4 N–H and O–H groups in total. The Balaban J connectivity index is 2.38. The number of nitrogens with two attached hydrogens (primary N) is 2. The molecule has 0 radical (unpaired) electrons. The Morgan fingerprint density at radius 3 is 2.56 bits per heavy atom. The first kappa shape index (κ1) is 14.5. The summed E-state index contributed by atoms with van der Waals surface area (Å²) in [4.78, 5) is 11.0. The average molecular weight is 250 g/mol.